The van der Waals surface area contributed by atoms with E-state index in [0.29, 0.717) is 0 Å². The van der Waals surface area contributed by atoms with Crippen LogP contribution in [0.3, 0.4) is 0 Å². The number of hydrogen-bond acceptors (Lipinski definition) is 5. The maximum Gasteiger partial charge on any atom is 0.277 e. The maximum atomic E-state index is 13.0. The Kier molecular flexibility index (Phi) is 5.81. The van der Waals surface area contributed by atoms with Crippen molar-refractivity contribution in [3.05, 3.63) is 54.5 Å². The molecule has 1 heterocycles. The van der Waals surface area contributed by atoms with Crippen LogP contribution in [0.4, 0.5) is 0 Å². The molecular formula is C17H22N2O5S2. The van der Waals surface area contributed by atoms with E-state index in [1.54, 1.807) is 24.3 Å². The molecule has 2 aromatic rings. The van der Waals surface area contributed by atoms with Crippen LogP contribution in [0.5, 0.6) is 0 Å². The average molecular weight is 399 g/mol. The lowest BCUT2D eigenvalue weighted by Gasteiger charge is -2.18. The molecule has 1 aromatic carbocycles. The van der Waals surface area contributed by atoms with Crippen LogP contribution < -0.4 is 9.44 Å². The Bertz CT molecular complexity index is 903. The van der Waals surface area contributed by atoms with Gasteiger partial charge in [-0.15, -0.1) is 0 Å². The third-order valence-corrected chi connectivity index (χ3v) is 7.71. The number of sulfone groups is 1. The summed E-state index contributed by atoms with van der Waals surface area (Å²) in [5.41, 5.74) is 0. The Morgan fingerprint density at radius 2 is 1.69 bits per heavy atom. The highest BCUT2D eigenvalue weighted by atomic mass is 32.2. The molecule has 1 aliphatic carbocycles. The summed E-state index contributed by atoms with van der Waals surface area (Å²) in [4.78, 5) is 0.115. The van der Waals surface area contributed by atoms with E-state index in [4.69, 9.17) is 4.42 Å². The standard InChI is InChI=1S/C17H22N2O5S2/c20-25(21,15-9-2-1-3-10-15)17(16-11-6-12-24-16)13-18-26(22,23)19-14-7-4-5-8-14/h1-3,6,9-12,14,17-19H,4-5,7-8,13H2. The van der Waals surface area contributed by atoms with Gasteiger partial charge < -0.3 is 4.42 Å². The van der Waals surface area contributed by atoms with Crippen LogP contribution in [0.25, 0.3) is 0 Å². The van der Waals surface area contributed by atoms with Crippen molar-refractivity contribution in [2.24, 2.45) is 0 Å². The molecule has 0 radical (unpaired) electrons. The zero-order valence-corrected chi connectivity index (χ0v) is 15.8. The van der Waals surface area contributed by atoms with Gasteiger partial charge in [-0.3, -0.25) is 0 Å². The Morgan fingerprint density at radius 1 is 1.00 bits per heavy atom. The van der Waals surface area contributed by atoms with E-state index in [0.717, 1.165) is 25.7 Å². The van der Waals surface area contributed by atoms with Gasteiger partial charge in [-0.2, -0.15) is 13.1 Å². The molecule has 1 aromatic heterocycles. The van der Waals surface area contributed by atoms with Gasteiger partial charge in [0.15, 0.2) is 9.84 Å². The normalized spacial score (nSPS) is 17.4. The van der Waals surface area contributed by atoms with Gasteiger partial charge in [-0.25, -0.2) is 13.1 Å². The molecule has 1 unspecified atom stereocenters. The predicted molar refractivity (Wildman–Crippen MR) is 97.4 cm³/mol. The van der Waals surface area contributed by atoms with Crippen molar-refractivity contribution in [2.45, 2.75) is 41.9 Å². The van der Waals surface area contributed by atoms with Gasteiger partial charge in [0.25, 0.3) is 10.2 Å². The first-order chi connectivity index (χ1) is 12.4. The highest BCUT2D eigenvalue weighted by molar-refractivity contribution is 7.92. The van der Waals surface area contributed by atoms with Gasteiger partial charge in [0.05, 0.1) is 11.2 Å². The molecule has 1 saturated carbocycles. The summed E-state index contributed by atoms with van der Waals surface area (Å²) in [6, 6.07) is 10.9. The summed E-state index contributed by atoms with van der Waals surface area (Å²) >= 11 is 0. The van der Waals surface area contributed by atoms with Crippen molar-refractivity contribution in [3.63, 3.8) is 0 Å². The molecular weight excluding hydrogens is 376 g/mol. The first-order valence-electron chi connectivity index (χ1n) is 8.48. The summed E-state index contributed by atoms with van der Waals surface area (Å²) in [5.74, 6) is 0.192. The van der Waals surface area contributed by atoms with Gasteiger partial charge in [0.2, 0.25) is 0 Å². The molecule has 0 amide bonds. The van der Waals surface area contributed by atoms with E-state index in [9.17, 15) is 16.8 Å². The smallest absolute Gasteiger partial charge is 0.277 e. The number of furan rings is 1. The van der Waals surface area contributed by atoms with Crippen LogP contribution >= 0.6 is 0 Å². The molecule has 1 fully saturated rings. The molecule has 0 saturated heterocycles. The molecule has 26 heavy (non-hydrogen) atoms. The second-order valence-corrected chi connectivity index (χ2v) is 9.97. The summed E-state index contributed by atoms with van der Waals surface area (Å²) in [7, 11) is -7.62. The van der Waals surface area contributed by atoms with Gasteiger partial charge >= 0.3 is 0 Å². The van der Waals surface area contributed by atoms with E-state index in [1.807, 2.05) is 0 Å². The van der Waals surface area contributed by atoms with Crippen molar-refractivity contribution >= 4 is 20.0 Å². The molecule has 0 aliphatic heterocycles. The molecule has 0 spiro atoms. The van der Waals surface area contributed by atoms with Crippen molar-refractivity contribution in [1.82, 2.24) is 9.44 Å². The Morgan fingerprint density at radius 3 is 2.31 bits per heavy atom. The minimum absolute atomic E-state index is 0.0970. The van der Waals surface area contributed by atoms with E-state index in [1.165, 1.54) is 24.5 Å². The first kappa shape index (κ1) is 19.1. The zero-order valence-electron chi connectivity index (χ0n) is 14.2. The second-order valence-electron chi connectivity index (χ2n) is 6.31. The minimum Gasteiger partial charge on any atom is -0.468 e. The molecule has 142 valence electrons. The average Bonchev–Trinajstić information content (AvgIpc) is 3.29. The number of benzene rings is 1. The zero-order chi connectivity index (χ0) is 18.6. The summed E-state index contributed by atoms with van der Waals surface area (Å²) in [6.07, 6.45) is 4.94. The largest absolute Gasteiger partial charge is 0.468 e. The molecule has 1 aliphatic rings. The Hall–Kier alpha value is -1.68. The molecule has 3 rings (SSSR count). The van der Waals surface area contributed by atoms with Gasteiger partial charge in [-0.05, 0) is 37.1 Å². The lowest BCUT2D eigenvalue weighted by Crippen LogP contribution is -2.43. The molecule has 1 atom stereocenters. The fourth-order valence-corrected chi connectivity index (χ4v) is 5.96. The van der Waals surface area contributed by atoms with E-state index in [2.05, 4.69) is 9.44 Å². The van der Waals surface area contributed by atoms with Crippen LogP contribution in [0.2, 0.25) is 0 Å². The lowest BCUT2D eigenvalue weighted by molar-refractivity contribution is 0.484. The van der Waals surface area contributed by atoms with Crippen LogP contribution in [0.15, 0.2) is 58.0 Å². The topological polar surface area (TPSA) is 105 Å². The van der Waals surface area contributed by atoms with Crippen LogP contribution in [0, 0.1) is 0 Å². The monoisotopic (exact) mass is 398 g/mol. The van der Waals surface area contributed by atoms with E-state index < -0.39 is 25.3 Å². The van der Waals surface area contributed by atoms with Gasteiger partial charge in [0, 0.05) is 12.6 Å². The van der Waals surface area contributed by atoms with Crippen molar-refractivity contribution in [1.29, 1.82) is 0 Å². The molecule has 2 N–H and O–H groups in total. The van der Waals surface area contributed by atoms with Crippen LogP contribution in [-0.2, 0) is 20.0 Å². The number of hydrogen-bond donors (Lipinski definition) is 2. The Balaban J connectivity index is 1.79. The van der Waals surface area contributed by atoms with E-state index >= 15 is 0 Å². The second kappa shape index (κ2) is 7.91. The minimum atomic E-state index is -3.82. The fraction of sp³-hybridized carbons (Fsp3) is 0.412. The summed E-state index contributed by atoms with van der Waals surface area (Å²) in [5, 5.41) is -1.15. The van der Waals surface area contributed by atoms with Crippen LogP contribution in [0.1, 0.15) is 36.7 Å². The van der Waals surface area contributed by atoms with Gasteiger partial charge in [-0.1, -0.05) is 31.0 Å². The van der Waals surface area contributed by atoms with E-state index in [-0.39, 0.29) is 23.2 Å². The lowest BCUT2D eigenvalue weighted by atomic mass is 10.3. The third-order valence-electron chi connectivity index (χ3n) is 4.44. The molecule has 7 nitrogen and oxygen atoms in total. The fourth-order valence-electron chi connectivity index (χ4n) is 3.10. The molecule has 9 heteroatoms. The maximum absolute atomic E-state index is 13.0. The number of rotatable bonds is 8. The third kappa shape index (κ3) is 4.53. The molecule has 0 bridgehead atoms. The van der Waals surface area contributed by atoms with Gasteiger partial charge in [0.1, 0.15) is 11.0 Å². The quantitative estimate of drug-likeness (QED) is 0.709. The first-order valence-corrected chi connectivity index (χ1v) is 11.5. The van der Waals surface area contributed by atoms with Crippen molar-refractivity contribution in [3.8, 4) is 0 Å². The van der Waals surface area contributed by atoms with Crippen LogP contribution in [-0.4, -0.2) is 29.4 Å². The van der Waals surface area contributed by atoms with Crippen molar-refractivity contribution < 1.29 is 21.3 Å². The summed E-state index contributed by atoms with van der Waals surface area (Å²) < 4.78 is 60.7. The Labute approximate surface area is 153 Å². The predicted octanol–water partition coefficient (Wildman–Crippen LogP) is 2.16. The highest BCUT2D eigenvalue weighted by Crippen LogP contribution is 2.29. The van der Waals surface area contributed by atoms with Crippen molar-refractivity contribution in [2.75, 3.05) is 6.54 Å². The summed E-state index contributed by atoms with van der Waals surface area (Å²) in [6.45, 7) is -0.313. The number of nitrogens with one attached hydrogen (secondary N) is 2. The SMILES string of the molecule is O=S(=O)(NCC(c1ccco1)S(=O)(=O)c1ccccc1)NC1CCCC1. The highest BCUT2D eigenvalue weighted by Gasteiger charge is 2.33.